The highest BCUT2D eigenvalue weighted by atomic mass is 16.2. The van der Waals surface area contributed by atoms with Gasteiger partial charge in [-0.25, -0.2) is 9.78 Å². The Labute approximate surface area is 160 Å². The first kappa shape index (κ1) is 16.3. The van der Waals surface area contributed by atoms with Gasteiger partial charge in [0.15, 0.2) is 5.65 Å². The van der Waals surface area contributed by atoms with Crippen molar-refractivity contribution in [1.29, 1.82) is 0 Å². The molecule has 1 aliphatic heterocycles. The van der Waals surface area contributed by atoms with E-state index in [1.165, 1.54) is 6.33 Å². The van der Waals surface area contributed by atoms with E-state index < -0.39 is 0 Å². The zero-order valence-electron chi connectivity index (χ0n) is 14.9. The maximum atomic E-state index is 12.6. The van der Waals surface area contributed by atoms with Crippen molar-refractivity contribution in [2.45, 2.75) is 0 Å². The van der Waals surface area contributed by atoms with Crippen LogP contribution in [-0.2, 0) is 0 Å². The van der Waals surface area contributed by atoms with Crippen molar-refractivity contribution in [3.8, 4) is 16.8 Å². The monoisotopic (exact) mass is 371 g/mol. The number of urea groups is 1. The van der Waals surface area contributed by atoms with Crippen molar-refractivity contribution >= 4 is 22.8 Å². The highest BCUT2D eigenvalue weighted by Gasteiger charge is 2.21. The van der Waals surface area contributed by atoms with Crippen LogP contribution in [0.3, 0.4) is 0 Å². The number of nitrogens with one attached hydrogen (secondary N) is 2. The quantitative estimate of drug-likeness (QED) is 0.581. The molecule has 0 aliphatic carbocycles. The minimum atomic E-state index is -0.183. The first-order valence-electron chi connectivity index (χ1n) is 9.02. The van der Waals surface area contributed by atoms with Crippen LogP contribution in [0, 0.1) is 0 Å². The molecule has 7 heteroatoms. The lowest BCUT2D eigenvalue weighted by atomic mass is 10.1. The number of carbonyl (C=O) groups excluding carboxylic acids is 1. The van der Waals surface area contributed by atoms with Gasteiger partial charge in [0.25, 0.3) is 5.56 Å². The number of anilines is 1. The number of aromatic nitrogens is 3. The predicted octanol–water partition coefficient (Wildman–Crippen LogP) is 2.91. The number of H-pyrrole nitrogens is 1. The van der Waals surface area contributed by atoms with Crippen LogP contribution in [0.25, 0.3) is 27.8 Å². The zero-order chi connectivity index (χ0) is 19.1. The second-order valence-corrected chi connectivity index (χ2v) is 6.61. The van der Waals surface area contributed by atoms with Crippen LogP contribution < -0.4 is 15.8 Å². The summed E-state index contributed by atoms with van der Waals surface area (Å²) in [5.74, 6) is 0. The number of carbonyl (C=O) groups is 1. The Kier molecular flexibility index (Phi) is 3.72. The van der Waals surface area contributed by atoms with Crippen LogP contribution in [0.15, 0.2) is 71.9 Å². The molecular formula is C21H17N5O2. The zero-order valence-corrected chi connectivity index (χ0v) is 14.9. The van der Waals surface area contributed by atoms with Crippen LogP contribution in [0.1, 0.15) is 0 Å². The fourth-order valence-corrected chi connectivity index (χ4v) is 3.61. The first-order chi connectivity index (χ1) is 13.7. The molecular weight excluding hydrogens is 354 g/mol. The van der Waals surface area contributed by atoms with Gasteiger partial charge in [0, 0.05) is 36.2 Å². The van der Waals surface area contributed by atoms with E-state index >= 15 is 0 Å². The molecule has 2 amide bonds. The third-order valence-corrected chi connectivity index (χ3v) is 4.97. The van der Waals surface area contributed by atoms with E-state index in [4.69, 9.17) is 0 Å². The first-order valence-corrected chi connectivity index (χ1v) is 9.02. The number of aromatic amines is 1. The third kappa shape index (κ3) is 2.56. The Hall–Kier alpha value is -3.87. The van der Waals surface area contributed by atoms with Gasteiger partial charge in [-0.05, 0) is 29.8 Å². The Bertz CT molecular complexity index is 1230. The molecule has 7 nitrogen and oxygen atoms in total. The van der Waals surface area contributed by atoms with E-state index in [-0.39, 0.29) is 11.6 Å². The van der Waals surface area contributed by atoms with Gasteiger partial charge in [0.2, 0.25) is 0 Å². The molecule has 0 atom stereocenters. The molecule has 2 N–H and O–H groups in total. The number of rotatable bonds is 3. The lowest BCUT2D eigenvalue weighted by molar-refractivity contribution is 0.252. The van der Waals surface area contributed by atoms with Gasteiger partial charge >= 0.3 is 6.03 Å². The number of benzene rings is 2. The van der Waals surface area contributed by atoms with Gasteiger partial charge in [0.05, 0.1) is 11.7 Å². The maximum Gasteiger partial charge on any atom is 0.321 e. The fourth-order valence-electron chi connectivity index (χ4n) is 3.61. The van der Waals surface area contributed by atoms with Crippen LogP contribution in [0.5, 0.6) is 0 Å². The minimum Gasteiger partial charge on any atom is -0.336 e. The second kappa shape index (κ2) is 6.38. The fraction of sp³-hybridized carbons (Fsp3) is 0.0952. The summed E-state index contributed by atoms with van der Waals surface area (Å²) < 4.78 is 1.92. The summed E-state index contributed by atoms with van der Waals surface area (Å²) in [6.45, 7) is 1.29. The number of hydrogen-bond acceptors (Lipinski definition) is 3. The van der Waals surface area contributed by atoms with E-state index in [2.05, 4.69) is 15.3 Å². The molecule has 1 fully saturated rings. The summed E-state index contributed by atoms with van der Waals surface area (Å²) in [6.07, 6.45) is 3.35. The SMILES string of the molecule is O=C1NCCN1c1ccc(-c2cn(-c3ccccc3)c3nc[nH]c(=O)c23)cc1. The smallest absolute Gasteiger partial charge is 0.321 e. The van der Waals surface area contributed by atoms with Crippen molar-refractivity contribution < 1.29 is 4.79 Å². The Balaban J connectivity index is 1.65. The highest BCUT2D eigenvalue weighted by molar-refractivity contribution is 5.96. The van der Waals surface area contributed by atoms with Gasteiger partial charge in [0.1, 0.15) is 0 Å². The molecule has 0 saturated carbocycles. The number of fused-ring (bicyclic) bond motifs is 1. The lowest BCUT2D eigenvalue weighted by Gasteiger charge is -2.14. The third-order valence-electron chi connectivity index (χ3n) is 4.97. The maximum absolute atomic E-state index is 12.6. The topological polar surface area (TPSA) is 83.0 Å². The van der Waals surface area contributed by atoms with Crippen molar-refractivity contribution in [2.75, 3.05) is 18.0 Å². The molecule has 4 aromatic rings. The summed E-state index contributed by atoms with van der Waals surface area (Å²) in [4.78, 5) is 33.2. The Morgan fingerprint density at radius 3 is 2.43 bits per heavy atom. The molecule has 5 rings (SSSR count). The molecule has 28 heavy (non-hydrogen) atoms. The lowest BCUT2D eigenvalue weighted by Crippen LogP contribution is -2.27. The van der Waals surface area contributed by atoms with Crippen LogP contribution >= 0.6 is 0 Å². The second-order valence-electron chi connectivity index (χ2n) is 6.61. The molecule has 0 spiro atoms. The van der Waals surface area contributed by atoms with Gasteiger partial charge in [-0.15, -0.1) is 0 Å². The summed E-state index contributed by atoms with van der Waals surface area (Å²) in [5, 5.41) is 3.34. The minimum absolute atomic E-state index is 0.0888. The van der Waals surface area contributed by atoms with Crippen molar-refractivity contribution in [3.63, 3.8) is 0 Å². The van der Waals surface area contributed by atoms with E-state index in [0.717, 1.165) is 22.5 Å². The van der Waals surface area contributed by atoms with Gasteiger partial charge < -0.3 is 14.9 Å². The van der Waals surface area contributed by atoms with Gasteiger partial charge in [-0.1, -0.05) is 30.3 Å². The standard InChI is InChI=1S/C21H17N5O2/c27-20-18-17(14-6-8-16(9-7-14)25-11-10-22-21(25)28)12-26(19(18)23-13-24-20)15-4-2-1-3-5-15/h1-9,12-13H,10-11H2,(H,22,28)(H,23,24,27). The molecule has 2 aromatic heterocycles. The highest BCUT2D eigenvalue weighted by Crippen LogP contribution is 2.31. The summed E-state index contributed by atoms with van der Waals surface area (Å²) in [7, 11) is 0. The van der Waals surface area contributed by atoms with Crippen molar-refractivity contribution in [2.24, 2.45) is 0 Å². The van der Waals surface area contributed by atoms with Crippen molar-refractivity contribution in [3.05, 3.63) is 77.5 Å². The molecule has 1 saturated heterocycles. The van der Waals surface area contributed by atoms with E-state index in [1.807, 2.05) is 65.4 Å². The van der Waals surface area contributed by atoms with Crippen LogP contribution in [0.2, 0.25) is 0 Å². The molecule has 0 unspecified atom stereocenters. The molecule has 0 bridgehead atoms. The number of amides is 2. The largest absolute Gasteiger partial charge is 0.336 e. The summed E-state index contributed by atoms with van der Waals surface area (Å²) in [5.41, 5.74) is 3.87. The molecule has 3 heterocycles. The number of nitrogens with zero attached hydrogens (tertiary/aromatic N) is 3. The molecule has 1 aliphatic rings. The normalized spacial score (nSPS) is 13.9. The summed E-state index contributed by atoms with van der Waals surface area (Å²) >= 11 is 0. The molecule has 138 valence electrons. The Morgan fingerprint density at radius 1 is 0.929 bits per heavy atom. The Morgan fingerprint density at radius 2 is 1.71 bits per heavy atom. The van der Waals surface area contributed by atoms with E-state index in [0.29, 0.717) is 24.1 Å². The van der Waals surface area contributed by atoms with Crippen LogP contribution in [-0.4, -0.2) is 33.7 Å². The van der Waals surface area contributed by atoms with Gasteiger partial charge in [-0.2, -0.15) is 0 Å². The van der Waals surface area contributed by atoms with Gasteiger partial charge in [-0.3, -0.25) is 9.69 Å². The average molecular weight is 371 g/mol. The van der Waals surface area contributed by atoms with E-state index in [9.17, 15) is 9.59 Å². The van der Waals surface area contributed by atoms with Crippen molar-refractivity contribution in [1.82, 2.24) is 19.9 Å². The molecule has 0 radical (unpaired) electrons. The number of hydrogen-bond donors (Lipinski definition) is 2. The summed E-state index contributed by atoms with van der Waals surface area (Å²) in [6, 6.07) is 17.4. The van der Waals surface area contributed by atoms with E-state index in [1.54, 1.807) is 4.90 Å². The molecule has 2 aromatic carbocycles. The predicted molar refractivity (Wildman–Crippen MR) is 108 cm³/mol. The average Bonchev–Trinajstić information content (AvgIpc) is 3.33. The number of para-hydroxylation sites is 1. The van der Waals surface area contributed by atoms with Crippen LogP contribution in [0.4, 0.5) is 10.5 Å².